The molecule has 0 unspecified atom stereocenters. The van der Waals surface area contributed by atoms with Gasteiger partial charge in [0, 0.05) is 24.1 Å². The molecule has 0 radical (unpaired) electrons. The van der Waals surface area contributed by atoms with Crippen molar-refractivity contribution in [1.29, 1.82) is 0 Å². The second-order valence-corrected chi connectivity index (χ2v) is 6.63. The number of hydrogen-bond donors (Lipinski definition) is 1. The monoisotopic (exact) mass is 351 g/mol. The molecule has 1 N–H and O–H groups in total. The highest BCUT2D eigenvalue weighted by Gasteiger charge is 2.31. The van der Waals surface area contributed by atoms with Crippen LogP contribution in [0.2, 0.25) is 0 Å². The van der Waals surface area contributed by atoms with E-state index in [0.29, 0.717) is 6.04 Å². The second-order valence-electron chi connectivity index (χ2n) is 6.63. The highest BCUT2D eigenvalue weighted by atomic mass is 19.4. The van der Waals surface area contributed by atoms with E-state index < -0.39 is 6.36 Å². The Kier molecular flexibility index (Phi) is 4.19. The Morgan fingerprint density at radius 3 is 2.44 bits per heavy atom. The van der Waals surface area contributed by atoms with Gasteiger partial charge in [-0.3, -0.25) is 4.68 Å². The molecule has 1 fully saturated rings. The second kappa shape index (κ2) is 6.37. The quantitative estimate of drug-likeness (QED) is 0.913. The summed E-state index contributed by atoms with van der Waals surface area (Å²) in [6.07, 6.45) is 0.532. The predicted molar refractivity (Wildman–Crippen MR) is 87.5 cm³/mol. The van der Waals surface area contributed by atoms with Crippen LogP contribution in [-0.2, 0) is 12.8 Å². The summed E-state index contributed by atoms with van der Waals surface area (Å²) in [5.41, 5.74) is 4.29. The first-order valence-electron chi connectivity index (χ1n) is 8.68. The van der Waals surface area contributed by atoms with Gasteiger partial charge < -0.3 is 10.1 Å². The van der Waals surface area contributed by atoms with Crippen molar-refractivity contribution in [1.82, 2.24) is 15.1 Å². The molecule has 4 rings (SSSR count). The van der Waals surface area contributed by atoms with Crippen molar-refractivity contribution >= 4 is 0 Å². The summed E-state index contributed by atoms with van der Waals surface area (Å²) in [6, 6.07) is 6.56. The molecule has 7 heteroatoms. The first-order valence-corrected chi connectivity index (χ1v) is 8.68. The first-order chi connectivity index (χ1) is 12.0. The van der Waals surface area contributed by atoms with Crippen molar-refractivity contribution in [2.24, 2.45) is 0 Å². The third-order valence-corrected chi connectivity index (χ3v) is 4.96. The minimum atomic E-state index is -4.67. The van der Waals surface area contributed by atoms with E-state index in [1.807, 2.05) is 0 Å². The highest BCUT2D eigenvalue weighted by Crippen LogP contribution is 2.38. The largest absolute Gasteiger partial charge is 0.573 e. The molecule has 1 aliphatic carbocycles. The number of fused-ring (bicyclic) bond motifs is 1. The number of alkyl halides is 3. The normalized spacial score (nSPS) is 18.4. The van der Waals surface area contributed by atoms with E-state index >= 15 is 0 Å². The molecule has 0 bridgehead atoms. The Bertz CT molecular complexity index is 748. The maximum atomic E-state index is 12.4. The van der Waals surface area contributed by atoms with Crippen LogP contribution in [0.15, 0.2) is 24.3 Å². The van der Waals surface area contributed by atoms with E-state index in [-0.39, 0.29) is 5.75 Å². The van der Waals surface area contributed by atoms with Crippen LogP contribution < -0.4 is 10.1 Å². The number of ether oxygens (including phenoxy) is 1. The minimum Gasteiger partial charge on any atom is -0.406 e. The zero-order valence-corrected chi connectivity index (χ0v) is 13.8. The van der Waals surface area contributed by atoms with Crippen molar-refractivity contribution < 1.29 is 17.9 Å². The Balaban J connectivity index is 1.72. The molecule has 1 aromatic carbocycles. The molecule has 0 atom stereocenters. The number of hydrogen-bond acceptors (Lipinski definition) is 3. The van der Waals surface area contributed by atoms with Gasteiger partial charge in [0.2, 0.25) is 0 Å². The van der Waals surface area contributed by atoms with E-state index in [4.69, 9.17) is 5.10 Å². The Labute approximate surface area is 144 Å². The van der Waals surface area contributed by atoms with Gasteiger partial charge >= 0.3 is 6.36 Å². The van der Waals surface area contributed by atoms with Crippen LogP contribution in [0.4, 0.5) is 13.2 Å². The summed E-state index contributed by atoms with van der Waals surface area (Å²) in [5, 5.41) is 8.23. The standard InChI is InChI=1S/C18H20F3N3O/c19-18(20,21)25-14-6-4-12(5-7-14)17-15-8-10-22-11-9-16(15)23-24(17)13-2-1-3-13/h4-7,13,22H,1-3,8-11H2. The molecule has 134 valence electrons. The fourth-order valence-corrected chi connectivity index (χ4v) is 3.54. The van der Waals surface area contributed by atoms with Gasteiger partial charge in [0.1, 0.15) is 5.75 Å². The predicted octanol–water partition coefficient (Wildman–Crippen LogP) is 3.86. The molecule has 1 saturated carbocycles. The van der Waals surface area contributed by atoms with Crippen LogP contribution in [0.5, 0.6) is 5.75 Å². The topological polar surface area (TPSA) is 39.1 Å². The SMILES string of the molecule is FC(F)(F)Oc1ccc(-c2c3c(nn2C2CCC2)CCNCC3)cc1. The molecule has 2 aromatic rings. The number of rotatable bonds is 3. The van der Waals surface area contributed by atoms with Crippen molar-refractivity contribution in [2.45, 2.75) is 44.5 Å². The van der Waals surface area contributed by atoms with Crippen LogP contribution in [0.25, 0.3) is 11.3 Å². The Morgan fingerprint density at radius 2 is 1.80 bits per heavy atom. The lowest BCUT2D eigenvalue weighted by molar-refractivity contribution is -0.274. The molecular formula is C18H20F3N3O. The fourth-order valence-electron chi connectivity index (χ4n) is 3.54. The molecule has 4 nitrogen and oxygen atoms in total. The third-order valence-electron chi connectivity index (χ3n) is 4.96. The van der Waals surface area contributed by atoms with E-state index in [9.17, 15) is 13.2 Å². The van der Waals surface area contributed by atoms with Gasteiger partial charge in [0.05, 0.1) is 17.4 Å². The summed E-state index contributed by atoms with van der Waals surface area (Å²) in [4.78, 5) is 0. The Hall–Kier alpha value is -2.02. The van der Waals surface area contributed by atoms with E-state index in [1.165, 1.54) is 24.1 Å². The lowest BCUT2D eigenvalue weighted by Crippen LogP contribution is -2.21. The van der Waals surface area contributed by atoms with Crippen LogP contribution >= 0.6 is 0 Å². The maximum Gasteiger partial charge on any atom is 0.573 e. The number of benzene rings is 1. The van der Waals surface area contributed by atoms with Crippen LogP contribution in [0.3, 0.4) is 0 Å². The molecule has 1 aliphatic heterocycles. The van der Waals surface area contributed by atoms with Crippen LogP contribution in [-0.4, -0.2) is 29.2 Å². The van der Waals surface area contributed by atoms with Crippen molar-refractivity contribution in [2.75, 3.05) is 13.1 Å². The van der Waals surface area contributed by atoms with Crippen molar-refractivity contribution in [3.05, 3.63) is 35.5 Å². The smallest absolute Gasteiger partial charge is 0.406 e. The molecule has 1 aromatic heterocycles. The van der Waals surface area contributed by atoms with Gasteiger partial charge in [-0.1, -0.05) is 0 Å². The fraction of sp³-hybridized carbons (Fsp3) is 0.500. The summed E-state index contributed by atoms with van der Waals surface area (Å²) in [6.45, 7) is 1.80. The summed E-state index contributed by atoms with van der Waals surface area (Å²) in [5.74, 6) is -0.196. The summed E-state index contributed by atoms with van der Waals surface area (Å²) >= 11 is 0. The molecule has 2 heterocycles. The van der Waals surface area contributed by atoms with Crippen LogP contribution in [0.1, 0.15) is 36.6 Å². The lowest BCUT2D eigenvalue weighted by atomic mass is 9.92. The van der Waals surface area contributed by atoms with Gasteiger partial charge in [-0.2, -0.15) is 5.10 Å². The molecule has 25 heavy (non-hydrogen) atoms. The summed E-state index contributed by atoms with van der Waals surface area (Å²) < 4.78 is 43.2. The van der Waals surface area contributed by atoms with E-state index in [0.717, 1.165) is 55.7 Å². The van der Waals surface area contributed by atoms with E-state index in [2.05, 4.69) is 14.7 Å². The minimum absolute atomic E-state index is 0.196. The molecule has 0 amide bonds. The molecule has 0 spiro atoms. The summed E-state index contributed by atoms with van der Waals surface area (Å²) in [7, 11) is 0. The number of nitrogens with zero attached hydrogens (tertiary/aromatic N) is 2. The third kappa shape index (κ3) is 3.38. The number of nitrogens with one attached hydrogen (secondary N) is 1. The first kappa shape index (κ1) is 16.4. The zero-order chi connectivity index (χ0) is 17.4. The average Bonchev–Trinajstić information content (AvgIpc) is 2.68. The van der Waals surface area contributed by atoms with Crippen molar-refractivity contribution in [3.8, 4) is 17.0 Å². The van der Waals surface area contributed by atoms with Crippen molar-refractivity contribution in [3.63, 3.8) is 0 Å². The highest BCUT2D eigenvalue weighted by molar-refractivity contribution is 5.66. The van der Waals surface area contributed by atoms with Gasteiger partial charge in [0.25, 0.3) is 0 Å². The number of halogens is 3. The lowest BCUT2D eigenvalue weighted by Gasteiger charge is -2.28. The van der Waals surface area contributed by atoms with Gasteiger partial charge in [-0.25, -0.2) is 0 Å². The molecule has 2 aliphatic rings. The Morgan fingerprint density at radius 1 is 1.08 bits per heavy atom. The maximum absolute atomic E-state index is 12.4. The average molecular weight is 351 g/mol. The molecular weight excluding hydrogens is 331 g/mol. The molecule has 0 saturated heterocycles. The van der Waals surface area contributed by atoms with Gasteiger partial charge in [-0.05, 0) is 56.5 Å². The van der Waals surface area contributed by atoms with Gasteiger partial charge in [0.15, 0.2) is 0 Å². The number of aromatic nitrogens is 2. The zero-order valence-electron chi connectivity index (χ0n) is 13.8. The van der Waals surface area contributed by atoms with Crippen LogP contribution in [0, 0.1) is 0 Å². The van der Waals surface area contributed by atoms with Gasteiger partial charge in [-0.15, -0.1) is 13.2 Å². The van der Waals surface area contributed by atoms with E-state index in [1.54, 1.807) is 12.1 Å².